The van der Waals surface area contributed by atoms with Gasteiger partial charge in [0.2, 0.25) is 0 Å². The van der Waals surface area contributed by atoms with E-state index in [1.807, 2.05) is 6.07 Å². The van der Waals surface area contributed by atoms with Gasteiger partial charge >= 0.3 is 0 Å². The lowest BCUT2D eigenvalue weighted by molar-refractivity contribution is 0.181. The average Bonchev–Trinajstić information content (AvgIpc) is 2.96. The summed E-state index contributed by atoms with van der Waals surface area (Å²) in [6.45, 7) is 7.41. The van der Waals surface area contributed by atoms with Gasteiger partial charge in [-0.25, -0.2) is 0 Å². The van der Waals surface area contributed by atoms with Crippen molar-refractivity contribution < 1.29 is 9.47 Å². The van der Waals surface area contributed by atoms with E-state index in [1.165, 1.54) is 12.0 Å². The Balaban J connectivity index is 2.09. The third kappa shape index (κ3) is 3.28. The minimum Gasteiger partial charge on any atom is -0.496 e. The molecule has 1 N–H and O–H groups in total. The van der Waals surface area contributed by atoms with Crippen LogP contribution in [0.3, 0.4) is 0 Å². The molecule has 0 radical (unpaired) electrons. The van der Waals surface area contributed by atoms with E-state index < -0.39 is 0 Å². The Morgan fingerprint density at radius 1 is 1.37 bits per heavy atom. The fraction of sp³-hybridized carbons (Fsp3) is 0.625. The number of benzene rings is 1. The van der Waals surface area contributed by atoms with Crippen LogP contribution in [-0.4, -0.2) is 20.3 Å². The molecule has 3 heteroatoms. The van der Waals surface area contributed by atoms with Crippen LogP contribution in [0.15, 0.2) is 18.2 Å². The summed E-state index contributed by atoms with van der Waals surface area (Å²) < 4.78 is 10.6. The van der Waals surface area contributed by atoms with Gasteiger partial charge in [-0.1, -0.05) is 19.9 Å². The molecule has 1 aliphatic carbocycles. The van der Waals surface area contributed by atoms with Gasteiger partial charge in [-0.3, -0.25) is 0 Å². The van der Waals surface area contributed by atoms with Gasteiger partial charge in [-0.2, -0.15) is 0 Å². The summed E-state index contributed by atoms with van der Waals surface area (Å²) in [6, 6.07) is 7.32. The topological polar surface area (TPSA) is 30.5 Å². The predicted octanol–water partition coefficient (Wildman–Crippen LogP) is 3.29. The average molecular weight is 263 g/mol. The molecule has 2 unspecified atom stereocenters. The number of methoxy groups -OCH3 is 2. The van der Waals surface area contributed by atoms with Gasteiger partial charge in [0.25, 0.3) is 0 Å². The first-order valence-electron chi connectivity index (χ1n) is 6.89. The Morgan fingerprint density at radius 2 is 2.05 bits per heavy atom. The molecule has 0 saturated heterocycles. The molecule has 106 valence electrons. The highest BCUT2D eigenvalue weighted by molar-refractivity contribution is 5.38. The Bertz CT molecular complexity index is 442. The Kier molecular flexibility index (Phi) is 4.16. The van der Waals surface area contributed by atoms with Crippen LogP contribution >= 0.6 is 0 Å². The van der Waals surface area contributed by atoms with Gasteiger partial charge in [0.15, 0.2) is 0 Å². The van der Waals surface area contributed by atoms with Gasteiger partial charge in [0.05, 0.1) is 13.7 Å². The predicted molar refractivity (Wildman–Crippen MR) is 77.4 cm³/mol. The summed E-state index contributed by atoms with van der Waals surface area (Å²) in [7, 11) is 3.41. The highest BCUT2D eigenvalue weighted by atomic mass is 16.5. The van der Waals surface area contributed by atoms with Crippen LogP contribution in [0.2, 0.25) is 0 Å². The zero-order chi connectivity index (χ0) is 14.0. The lowest BCUT2D eigenvalue weighted by atomic mass is 10.0. The third-order valence-corrected chi connectivity index (χ3v) is 4.07. The van der Waals surface area contributed by atoms with E-state index >= 15 is 0 Å². The molecule has 0 spiro atoms. The zero-order valence-electron chi connectivity index (χ0n) is 12.6. The first-order valence-corrected chi connectivity index (χ1v) is 6.89. The number of hydrogen-bond acceptors (Lipinski definition) is 3. The number of ether oxygens (including phenoxy) is 2. The van der Waals surface area contributed by atoms with Crippen molar-refractivity contribution in [1.82, 2.24) is 5.32 Å². The molecule has 2 rings (SSSR count). The molecule has 0 heterocycles. The van der Waals surface area contributed by atoms with Gasteiger partial charge in [-0.15, -0.1) is 0 Å². The Hall–Kier alpha value is -1.06. The maximum Gasteiger partial charge on any atom is 0.124 e. The van der Waals surface area contributed by atoms with Crippen molar-refractivity contribution in [3.63, 3.8) is 0 Å². The summed E-state index contributed by atoms with van der Waals surface area (Å²) in [5.41, 5.74) is 2.84. The number of hydrogen-bond donors (Lipinski definition) is 1. The fourth-order valence-electron chi connectivity index (χ4n) is 2.49. The minimum atomic E-state index is 0.355. The van der Waals surface area contributed by atoms with Crippen molar-refractivity contribution in [2.75, 3.05) is 14.2 Å². The summed E-state index contributed by atoms with van der Waals surface area (Å²) in [5, 5.41) is 3.69. The van der Waals surface area contributed by atoms with Crippen molar-refractivity contribution >= 4 is 0 Å². The summed E-state index contributed by atoms with van der Waals surface area (Å²) in [6.07, 6.45) is 1.26. The summed E-state index contributed by atoms with van der Waals surface area (Å²) in [5.74, 6) is 0.893. The SMILES string of the molecule is COCc1cc(C(C)NC2CC2(C)C)ccc1OC. The van der Waals surface area contributed by atoms with Crippen LogP contribution in [0.25, 0.3) is 0 Å². The molecule has 1 aliphatic rings. The molecular weight excluding hydrogens is 238 g/mol. The van der Waals surface area contributed by atoms with E-state index in [9.17, 15) is 0 Å². The van der Waals surface area contributed by atoms with E-state index in [0.717, 1.165) is 11.3 Å². The van der Waals surface area contributed by atoms with Crippen LogP contribution in [-0.2, 0) is 11.3 Å². The highest BCUT2D eigenvalue weighted by Gasteiger charge is 2.45. The van der Waals surface area contributed by atoms with Crippen LogP contribution in [0.5, 0.6) is 5.75 Å². The Labute approximate surface area is 116 Å². The van der Waals surface area contributed by atoms with Crippen molar-refractivity contribution in [2.24, 2.45) is 5.41 Å². The first-order chi connectivity index (χ1) is 8.97. The Morgan fingerprint density at radius 3 is 2.58 bits per heavy atom. The molecule has 0 aromatic heterocycles. The van der Waals surface area contributed by atoms with E-state index in [-0.39, 0.29) is 0 Å². The quantitative estimate of drug-likeness (QED) is 0.854. The highest BCUT2D eigenvalue weighted by Crippen LogP contribution is 2.45. The van der Waals surface area contributed by atoms with Crippen molar-refractivity contribution in [3.8, 4) is 5.75 Å². The maximum atomic E-state index is 5.36. The van der Waals surface area contributed by atoms with Gasteiger partial charge in [0, 0.05) is 24.8 Å². The number of nitrogens with one attached hydrogen (secondary N) is 1. The standard InChI is InChI=1S/C16H25NO2/c1-11(17-15-9-16(15,2)3)12-6-7-14(19-5)13(8-12)10-18-4/h6-8,11,15,17H,9-10H2,1-5H3. The van der Waals surface area contributed by atoms with Gasteiger partial charge < -0.3 is 14.8 Å². The molecule has 2 atom stereocenters. The van der Waals surface area contributed by atoms with Gasteiger partial charge in [0.1, 0.15) is 5.75 Å². The monoisotopic (exact) mass is 263 g/mol. The molecule has 0 amide bonds. The molecule has 0 aliphatic heterocycles. The lowest BCUT2D eigenvalue weighted by Gasteiger charge is -2.18. The second-order valence-corrected chi connectivity index (χ2v) is 6.14. The second kappa shape index (κ2) is 5.51. The lowest BCUT2D eigenvalue weighted by Crippen LogP contribution is -2.24. The maximum absolute atomic E-state index is 5.36. The van der Waals surface area contributed by atoms with Crippen LogP contribution in [0.1, 0.15) is 44.4 Å². The van der Waals surface area contributed by atoms with Crippen LogP contribution in [0, 0.1) is 5.41 Å². The number of rotatable bonds is 6. The second-order valence-electron chi connectivity index (χ2n) is 6.14. The van der Waals surface area contributed by atoms with E-state index in [2.05, 4.69) is 38.2 Å². The van der Waals surface area contributed by atoms with Crippen molar-refractivity contribution in [1.29, 1.82) is 0 Å². The smallest absolute Gasteiger partial charge is 0.124 e. The van der Waals surface area contributed by atoms with Crippen molar-refractivity contribution in [2.45, 2.75) is 45.9 Å². The largest absolute Gasteiger partial charge is 0.496 e. The summed E-state index contributed by atoms with van der Waals surface area (Å²) in [4.78, 5) is 0. The van der Waals surface area contributed by atoms with E-state index in [0.29, 0.717) is 24.1 Å². The minimum absolute atomic E-state index is 0.355. The normalized spacial score (nSPS) is 22.1. The van der Waals surface area contributed by atoms with Crippen molar-refractivity contribution in [3.05, 3.63) is 29.3 Å². The first kappa shape index (κ1) is 14.4. The molecule has 1 aromatic carbocycles. The molecule has 1 fully saturated rings. The molecule has 0 bridgehead atoms. The van der Waals surface area contributed by atoms with E-state index in [1.54, 1.807) is 14.2 Å². The van der Waals surface area contributed by atoms with Crippen LogP contribution in [0.4, 0.5) is 0 Å². The molecule has 1 aromatic rings. The third-order valence-electron chi connectivity index (χ3n) is 4.07. The molecule has 3 nitrogen and oxygen atoms in total. The molecular formula is C16H25NO2. The zero-order valence-corrected chi connectivity index (χ0v) is 12.6. The van der Waals surface area contributed by atoms with Gasteiger partial charge in [-0.05, 0) is 36.5 Å². The fourth-order valence-corrected chi connectivity index (χ4v) is 2.49. The van der Waals surface area contributed by atoms with Crippen LogP contribution < -0.4 is 10.1 Å². The van der Waals surface area contributed by atoms with E-state index in [4.69, 9.17) is 9.47 Å². The summed E-state index contributed by atoms with van der Waals surface area (Å²) >= 11 is 0. The molecule has 1 saturated carbocycles. The molecule has 19 heavy (non-hydrogen) atoms.